The van der Waals surface area contributed by atoms with Crippen molar-refractivity contribution in [3.8, 4) is 5.75 Å². The number of ether oxygens (including phenoxy) is 1. The second kappa shape index (κ2) is 10.5. The quantitative estimate of drug-likeness (QED) is 0.361. The molecule has 0 aromatic heterocycles. The molecule has 0 saturated carbocycles. The summed E-state index contributed by atoms with van der Waals surface area (Å²) in [7, 11) is 1.77. The topological polar surface area (TPSA) is 88.7 Å². The standard InChI is InChI=1S/C16H26N4O2/c1-3-4-10-19-16(18-2)20-11-9-13-5-7-14(8-6-13)22-12-15(17)21/h5-8H,3-4,9-12H2,1-2H3,(H2,17,21)(H2,18,19,20). The maximum Gasteiger partial charge on any atom is 0.255 e. The number of aliphatic imine (C=N–C) groups is 1. The molecule has 0 heterocycles. The molecule has 6 heteroatoms. The van der Waals surface area contributed by atoms with Crippen molar-refractivity contribution in [2.75, 3.05) is 26.7 Å². The number of amides is 1. The summed E-state index contributed by atoms with van der Waals surface area (Å²) in [5.74, 6) is 0.998. The predicted molar refractivity (Wildman–Crippen MR) is 89.1 cm³/mol. The van der Waals surface area contributed by atoms with Gasteiger partial charge in [0.15, 0.2) is 12.6 Å². The highest BCUT2D eigenvalue weighted by Crippen LogP contribution is 2.12. The molecule has 1 rings (SSSR count). The van der Waals surface area contributed by atoms with Gasteiger partial charge in [0.05, 0.1) is 0 Å². The van der Waals surface area contributed by atoms with Crippen LogP contribution in [0.1, 0.15) is 25.3 Å². The van der Waals surface area contributed by atoms with Crippen LogP contribution in [-0.4, -0.2) is 38.6 Å². The Kier molecular flexibility index (Phi) is 8.49. The summed E-state index contributed by atoms with van der Waals surface area (Å²) in [6, 6.07) is 7.63. The van der Waals surface area contributed by atoms with Gasteiger partial charge in [0.25, 0.3) is 5.91 Å². The molecule has 0 fully saturated rings. The molecular weight excluding hydrogens is 280 g/mol. The van der Waals surface area contributed by atoms with Crippen LogP contribution >= 0.6 is 0 Å². The van der Waals surface area contributed by atoms with Crippen molar-refractivity contribution in [2.24, 2.45) is 10.7 Å². The van der Waals surface area contributed by atoms with Gasteiger partial charge < -0.3 is 21.1 Å². The van der Waals surface area contributed by atoms with E-state index in [2.05, 4.69) is 22.5 Å². The van der Waals surface area contributed by atoms with Crippen molar-refractivity contribution in [1.29, 1.82) is 0 Å². The lowest BCUT2D eigenvalue weighted by atomic mass is 10.1. The van der Waals surface area contributed by atoms with Crippen LogP contribution < -0.4 is 21.1 Å². The largest absolute Gasteiger partial charge is 0.484 e. The van der Waals surface area contributed by atoms with Crippen LogP contribution in [-0.2, 0) is 11.2 Å². The van der Waals surface area contributed by atoms with Crippen LogP contribution in [0.15, 0.2) is 29.3 Å². The average Bonchev–Trinajstić information content (AvgIpc) is 2.52. The van der Waals surface area contributed by atoms with Gasteiger partial charge in [-0.1, -0.05) is 25.5 Å². The summed E-state index contributed by atoms with van der Waals surface area (Å²) < 4.78 is 5.22. The molecule has 0 spiro atoms. The number of benzene rings is 1. The van der Waals surface area contributed by atoms with Crippen LogP contribution in [0.4, 0.5) is 0 Å². The molecule has 0 atom stereocenters. The summed E-state index contributed by atoms with van der Waals surface area (Å²) in [6.45, 7) is 3.80. The molecule has 6 nitrogen and oxygen atoms in total. The molecule has 0 saturated heterocycles. The van der Waals surface area contributed by atoms with Gasteiger partial charge in [0.1, 0.15) is 5.75 Å². The number of nitrogens with two attached hydrogens (primary N) is 1. The first kappa shape index (κ1) is 17.8. The lowest BCUT2D eigenvalue weighted by Crippen LogP contribution is -2.38. The third-order valence-electron chi connectivity index (χ3n) is 3.06. The number of hydrogen-bond acceptors (Lipinski definition) is 3. The van der Waals surface area contributed by atoms with Gasteiger partial charge in [-0.3, -0.25) is 9.79 Å². The molecule has 0 aliphatic heterocycles. The Labute approximate surface area is 132 Å². The SMILES string of the molecule is CCCCNC(=NC)NCCc1ccc(OCC(N)=O)cc1. The van der Waals surface area contributed by atoms with Crippen LogP contribution in [0.25, 0.3) is 0 Å². The zero-order valence-corrected chi connectivity index (χ0v) is 13.4. The molecule has 0 aliphatic rings. The Balaban J connectivity index is 2.30. The fourth-order valence-corrected chi connectivity index (χ4v) is 1.84. The Morgan fingerprint density at radius 3 is 2.50 bits per heavy atom. The third kappa shape index (κ3) is 7.52. The van der Waals surface area contributed by atoms with Crippen LogP contribution in [0.5, 0.6) is 5.75 Å². The molecule has 4 N–H and O–H groups in total. The fraction of sp³-hybridized carbons (Fsp3) is 0.500. The number of nitrogens with one attached hydrogen (secondary N) is 2. The molecule has 22 heavy (non-hydrogen) atoms. The second-order valence-electron chi connectivity index (χ2n) is 4.93. The molecule has 122 valence electrons. The lowest BCUT2D eigenvalue weighted by Gasteiger charge is -2.11. The van der Waals surface area contributed by atoms with Gasteiger partial charge in [-0.15, -0.1) is 0 Å². The second-order valence-corrected chi connectivity index (χ2v) is 4.93. The first-order valence-electron chi connectivity index (χ1n) is 7.60. The van der Waals surface area contributed by atoms with E-state index in [1.54, 1.807) is 7.05 Å². The molecule has 0 unspecified atom stereocenters. The van der Waals surface area contributed by atoms with Crippen LogP contribution in [0.3, 0.4) is 0 Å². The molecule has 0 bridgehead atoms. The molecule has 0 aliphatic carbocycles. The smallest absolute Gasteiger partial charge is 0.255 e. The maximum atomic E-state index is 10.6. The minimum Gasteiger partial charge on any atom is -0.484 e. The predicted octanol–water partition coefficient (Wildman–Crippen LogP) is 1.06. The highest BCUT2D eigenvalue weighted by molar-refractivity contribution is 5.79. The van der Waals surface area contributed by atoms with E-state index in [4.69, 9.17) is 10.5 Å². The van der Waals surface area contributed by atoms with E-state index < -0.39 is 5.91 Å². The molecule has 1 aromatic carbocycles. The molecule has 0 radical (unpaired) electrons. The van der Waals surface area contributed by atoms with Crippen molar-refractivity contribution in [3.05, 3.63) is 29.8 Å². The molecule has 1 aromatic rings. The zero-order valence-electron chi connectivity index (χ0n) is 13.4. The van der Waals surface area contributed by atoms with Crippen molar-refractivity contribution >= 4 is 11.9 Å². The van der Waals surface area contributed by atoms with E-state index in [-0.39, 0.29) is 6.61 Å². The van der Waals surface area contributed by atoms with Gasteiger partial charge in [0.2, 0.25) is 0 Å². The summed E-state index contributed by atoms with van der Waals surface area (Å²) >= 11 is 0. The number of guanidine groups is 1. The Hall–Kier alpha value is -2.24. The zero-order chi connectivity index (χ0) is 16.2. The van der Waals surface area contributed by atoms with E-state index >= 15 is 0 Å². The van der Waals surface area contributed by atoms with Crippen molar-refractivity contribution in [2.45, 2.75) is 26.2 Å². The number of hydrogen-bond donors (Lipinski definition) is 3. The Bertz CT molecular complexity index is 472. The van der Waals surface area contributed by atoms with E-state index in [1.807, 2.05) is 24.3 Å². The monoisotopic (exact) mass is 306 g/mol. The first-order valence-corrected chi connectivity index (χ1v) is 7.60. The number of carbonyl (C=O) groups is 1. The minimum absolute atomic E-state index is 0.0966. The number of primary amides is 1. The Morgan fingerprint density at radius 1 is 1.23 bits per heavy atom. The lowest BCUT2D eigenvalue weighted by molar-refractivity contribution is -0.119. The first-order chi connectivity index (χ1) is 10.7. The summed E-state index contributed by atoms with van der Waals surface area (Å²) in [5, 5.41) is 6.55. The van der Waals surface area contributed by atoms with E-state index in [9.17, 15) is 4.79 Å². The fourth-order valence-electron chi connectivity index (χ4n) is 1.84. The van der Waals surface area contributed by atoms with Gasteiger partial charge >= 0.3 is 0 Å². The van der Waals surface area contributed by atoms with E-state index in [0.29, 0.717) is 5.75 Å². The summed E-state index contributed by atoms with van der Waals surface area (Å²) in [5.41, 5.74) is 6.21. The number of carbonyl (C=O) groups excluding carboxylic acids is 1. The van der Waals surface area contributed by atoms with Gasteiger partial charge in [0, 0.05) is 20.1 Å². The van der Waals surface area contributed by atoms with Crippen molar-refractivity contribution in [3.63, 3.8) is 0 Å². The summed E-state index contributed by atoms with van der Waals surface area (Å²) in [6.07, 6.45) is 3.17. The summed E-state index contributed by atoms with van der Waals surface area (Å²) in [4.78, 5) is 14.8. The van der Waals surface area contributed by atoms with Gasteiger partial charge in [-0.2, -0.15) is 0 Å². The number of nitrogens with zero attached hydrogens (tertiary/aromatic N) is 1. The third-order valence-corrected chi connectivity index (χ3v) is 3.06. The van der Waals surface area contributed by atoms with Gasteiger partial charge in [-0.25, -0.2) is 0 Å². The van der Waals surface area contributed by atoms with Crippen LogP contribution in [0.2, 0.25) is 0 Å². The van der Waals surface area contributed by atoms with Crippen molar-refractivity contribution in [1.82, 2.24) is 10.6 Å². The highest BCUT2D eigenvalue weighted by Gasteiger charge is 2.00. The highest BCUT2D eigenvalue weighted by atomic mass is 16.5. The molecular formula is C16H26N4O2. The van der Waals surface area contributed by atoms with Gasteiger partial charge in [-0.05, 0) is 30.5 Å². The van der Waals surface area contributed by atoms with Crippen molar-refractivity contribution < 1.29 is 9.53 Å². The van der Waals surface area contributed by atoms with E-state index in [0.717, 1.165) is 38.3 Å². The molecule has 1 amide bonds. The Morgan fingerprint density at radius 2 is 1.91 bits per heavy atom. The minimum atomic E-state index is -0.477. The number of unbranched alkanes of at least 4 members (excludes halogenated alkanes) is 1. The normalized spacial score (nSPS) is 11.1. The average molecular weight is 306 g/mol. The number of rotatable bonds is 9. The van der Waals surface area contributed by atoms with Crippen LogP contribution in [0, 0.1) is 0 Å². The van der Waals surface area contributed by atoms with E-state index in [1.165, 1.54) is 5.56 Å². The maximum absolute atomic E-state index is 10.6.